The Balaban J connectivity index is 1.99. The molecule has 0 unspecified atom stereocenters. The van der Waals surface area contributed by atoms with Crippen LogP contribution < -0.4 is 9.64 Å². The fourth-order valence-electron chi connectivity index (χ4n) is 3.87. The molecule has 3 nitrogen and oxygen atoms in total. The molecule has 0 spiro atoms. The first-order valence-corrected chi connectivity index (χ1v) is 9.82. The summed E-state index contributed by atoms with van der Waals surface area (Å²) in [6.07, 6.45) is 1.91. The van der Waals surface area contributed by atoms with E-state index >= 15 is 0 Å². The molecule has 4 rings (SSSR count). The third-order valence-electron chi connectivity index (χ3n) is 5.34. The van der Waals surface area contributed by atoms with Gasteiger partial charge in [-0.2, -0.15) is 0 Å². The van der Waals surface area contributed by atoms with Gasteiger partial charge in [-0.1, -0.05) is 39.0 Å². The van der Waals surface area contributed by atoms with Crippen molar-refractivity contribution in [2.45, 2.75) is 53.9 Å². The summed E-state index contributed by atoms with van der Waals surface area (Å²) in [6, 6.07) is 13.0. The summed E-state index contributed by atoms with van der Waals surface area (Å²) >= 11 is 0. The van der Waals surface area contributed by atoms with E-state index < -0.39 is 0 Å². The maximum Gasteiger partial charge on any atom is 0.181 e. The Bertz CT molecular complexity index is 1050. The second-order valence-corrected chi connectivity index (χ2v) is 8.95. The number of pyridine rings is 1. The fourth-order valence-corrected chi connectivity index (χ4v) is 3.87. The zero-order chi connectivity index (χ0) is 20.2. The standard InChI is InChI=1S/C25H28N2O/c1-15-8-9-21-20(10-15)27(24-22(28-21)11-16(2)14-26-24)23-17(3)12-19(13-18(23)4)25(5,6)7/h8-14H,1-7H3. The number of hydrogen-bond acceptors (Lipinski definition) is 3. The number of anilines is 3. The van der Waals surface area contributed by atoms with Crippen LogP contribution in [0.3, 0.4) is 0 Å². The van der Waals surface area contributed by atoms with Gasteiger partial charge in [-0.15, -0.1) is 0 Å². The van der Waals surface area contributed by atoms with Gasteiger partial charge in [-0.05, 0) is 79.1 Å². The molecule has 0 fully saturated rings. The second-order valence-electron chi connectivity index (χ2n) is 8.95. The topological polar surface area (TPSA) is 25.4 Å². The van der Waals surface area contributed by atoms with Crippen molar-refractivity contribution in [3.63, 3.8) is 0 Å². The summed E-state index contributed by atoms with van der Waals surface area (Å²) in [7, 11) is 0. The first kappa shape index (κ1) is 18.5. The molecule has 0 saturated carbocycles. The molecule has 3 heteroatoms. The maximum atomic E-state index is 6.22. The highest BCUT2D eigenvalue weighted by molar-refractivity contribution is 5.87. The minimum atomic E-state index is 0.112. The number of ether oxygens (including phenoxy) is 1. The average molecular weight is 373 g/mol. The summed E-state index contributed by atoms with van der Waals surface area (Å²) in [4.78, 5) is 7.02. The molecule has 0 bridgehead atoms. The van der Waals surface area contributed by atoms with Crippen molar-refractivity contribution < 1.29 is 4.74 Å². The van der Waals surface area contributed by atoms with E-state index in [1.165, 1.54) is 27.9 Å². The molecule has 0 radical (unpaired) electrons. The van der Waals surface area contributed by atoms with Crippen LogP contribution in [-0.4, -0.2) is 4.98 Å². The molecule has 1 aromatic heterocycles. The van der Waals surface area contributed by atoms with Gasteiger partial charge in [0.25, 0.3) is 0 Å². The molecule has 144 valence electrons. The zero-order valence-corrected chi connectivity index (χ0v) is 17.8. The number of fused-ring (bicyclic) bond motifs is 2. The molecule has 1 aliphatic rings. The van der Waals surface area contributed by atoms with Crippen LogP contribution in [0.4, 0.5) is 17.2 Å². The molecule has 2 heterocycles. The minimum absolute atomic E-state index is 0.112. The Morgan fingerprint density at radius 2 is 1.50 bits per heavy atom. The summed E-state index contributed by atoms with van der Waals surface area (Å²) in [5.74, 6) is 2.51. The molecular formula is C25H28N2O. The molecule has 0 amide bonds. The van der Waals surface area contributed by atoms with Gasteiger partial charge in [-0.3, -0.25) is 4.90 Å². The van der Waals surface area contributed by atoms with Gasteiger partial charge >= 0.3 is 0 Å². The largest absolute Gasteiger partial charge is 0.451 e. The normalized spacial score (nSPS) is 13.0. The quantitative estimate of drug-likeness (QED) is 0.353. The van der Waals surface area contributed by atoms with Crippen LogP contribution >= 0.6 is 0 Å². The first-order valence-electron chi connectivity index (χ1n) is 9.82. The van der Waals surface area contributed by atoms with E-state index in [0.717, 1.165) is 28.6 Å². The SMILES string of the molecule is Cc1cnc2c(c1)Oc1ccc(C)cc1N2c1c(C)cc(C(C)(C)C)cc1C. The van der Waals surface area contributed by atoms with E-state index in [-0.39, 0.29) is 5.41 Å². The maximum absolute atomic E-state index is 6.22. The van der Waals surface area contributed by atoms with Gasteiger partial charge in [0.2, 0.25) is 0 Å². The third kappa shape index (κ3) is 3.05. The predicted octanol–water partition coefficient (Wildman–Crippen LogP) is 7.19. The Hall–Kier alpha value is -2.81. The van der Waals surface area contributed by atoms with E-state index in [2.05, 4.69) is 82.8 Å². The number of benzene rings is 2. The van der Waals surface area contributed by atoms with Crippen molar-refractivity contribution in [3.8, 4) is 11.5 Å². The van der Waals surface area contributed by atoms with Crippen LogP contribution in [0.5, 0.6) is 11.5 Å². The predicted molar refractivity (Wildman–Crippen MR) is 117 cm³/mol. The molecule has 0 aliphatic carbocycles. The molecule has 0 saturated heterocycles. The highest BCUT2D eigenvalue weighted by Crippen LogP contribution is 2.51. The van der Waals surface area contributed by atoms with Crippen molar-refractivity contribution in [2.24, 2.45) is 0 Å². The molecule has 28 heavy (non-hydrogen) atoms. The Labute approximate surface area is 168 Å². The highest BCUT2D eigenvalue weighted by Gasteiger charge is 2.30. The van der Waals surface area contributed by atoms with Crippen LogP contribution in [0.1, 0.15) is 48.6 Å². The van der Waals surface area contributed by atoms with Gasteiger partial charge in [0.05, 0.1) is 11.4 Å². The van der Waals surface area contributed by atoms with Crippen LogP contribution in [-0.2, 0) is 5.41 Å². The van der Waals surface area contributed by atoms with Crippen molar-refractivity contribution in [1.82, 2.24) is 4.98 Å². The Kier molecular flexibility index (Phi) is 4.22. The smallest absolute Gasteiger partial charge is 0.181 e. The number of aromatic nitrogens is 1. The lowest BCUT2D eigenvalue weighted by Gasteiger charge is -2.34. The lowest BCUT2D eigenvalue weighted by molar-refractivity contribution is 0.473. The van der Waals surface area contributed by atoms with E-state index in [1.807, 2.05) is 13.1 Å². The van der Waals surface area contributed by atoms with Crippen LogP contribution in [0, 0.1) is 27.7 Å². The van der Waals surface area contributed by atoms with Crippen molar-refractivity contribution in [3.05, 3.63) is 70.4 Å². The van der Waals surface area contributed by atoms with E-state index in [1.54, 1.807) is 0 Å². The summed E-state index contributed by atoms with van der Waals surface area (Å²) in [5.41, 5.74) is 8.46. The van der Waals surface area contributed by atoms with Crippen LogP contribution in [0.25, 0.3) is 0 Å². The number of aryl methyl sites for hydroxylation is 4. The molecule has 1 aliphatic heterocycles. The monoisotopic (exact) mass is 372 g/mol. The second kappa shape index (κ2) is 6.37. The minimum Gasteiger partial charge on any atom is -0.451 e. The van der Waals surface area contributed by atoms with Gasteiger partial charge in [0, 0.05) is 6.20 Å². The summed E-state index contributed by atoms with van der Waals surface area (Å²) in [6.45, 7) is 15.3. The number of rotatable bonds is 1. The van der Waals surface area contributed by atoms with Crippen molar-refractivity contribution >= 4 is 17.2 Å². The van der Waals surface area contributed by atoms with Gasteiger partial charge < -0.3 is 4.74 Å². The van der Waals surface area contributed by atoms with Crippen molar-refractivity contribution in [1.29, 1.82) is 0 Å². The third-order valence-corrected chi connectivity index (χ3v) is 5.34. The lowest BCUT2D eigenvalue weighted by atomic mass is 9.84. The molecule has 0 N–H and O–H groups in total. The van der Waals surface area contributed by atoms with Crippen LogP contribution in [0.2, 0.25) is 0 Å². The molecule has 3 aromatic rings. The van der Waals surface area contributed by atoms with Gasteiger partial charge in [-0.25, -0.2) is 4.98 Å². The van der Waals surface area contributed by atoms with E-state index in [0.29, 0.717) is 0 Å². The molecule has 2 aromatic carbocycles. The fraction of sp³-hybridized carbons (Fsp3) is 0.320. The van der Waals surface area contributed by atoms with Crippen LogP contribution in [0.15, 0.2) is 42.6 Å². The Morgan fingerprint density at radius 1 is 0.821 bits per heavy atom. The van der Waals surface area contributed by atoms with Crippen molar-refractivity contribution in [2.75, 3.05) is 4.90 Å². The van der Waals surface area contributed by atoms with Gasteiger partial charge in [0.15, 0.2) is 17.3 Å². The molecular weight excluding hydrogens is 344 g/mol. The zero-order valence-electron chi connectivity index (χ0n) is 17.8. The number of nitrogens with zero attached hydrogens (tertiary/aromatic N) is 2. The molecule has 0 atom stereocenters. The highest BCUT2D eigenvalue weighted by atomic mass is 16.5. The van der Waals surface area contributed by atoms with Gasteiger partial charge in [0.1, 0.15) is 0 Å². The lowest BCUT2D eigenvalue weighted by Crippen LogP contribution is -2.20. The van der Waals surface area contributed by atoms with E-state index in [4.69, 9.17) is 9.72 Å². The number of hydrogen-bond donors (Lipinski definition) is 0. The van der Waals surface area contributed by atoms with E-state index in [9.17, 15) is 0 Å². The Morgan fingerprint density at radius 3 is 2.14 bits per heavy atom. The summed E-state index contributed by atoms with van der Waals surface area (Å²) < 4.78 is 6.22. The first-order chi connectivity index (χ1) is 13.1. The summed E-state index contributed by atoms with van der Waals surface area (Å²) in [5, 5.41) is 0. The average Bonchev–Trinajstić information content (AvgIpc) is 2.60.